The van der Waals surface area contributed by atoms with Gasteiger partial charge in [0.25, 0.3) is 0 Å². The fourth-order valence-electron chi connectivity index (χ4n) is 4.21. The number of aromatic nitrogens is 2. The minimum Gasteiger partial charge on any atom is -0.333 e. The highest BCUT2D eigenvalue weighted by Crippen LogP contribution is 2.40. The zero-order valence-electron chi connectivity index (χ0n) is 12.3. The van der Waals surface area contributed by atoms with Crippen molar-refractivity contribution in [2.45, 2.75) is 56.9 Å². The van der Waals surface area contributed by atoms with Crippen LogP contribution in [0.3, 0.4) is 0 Å². The zero-order chi connectivity index (χ0) is 13.7. The van der Waals surface area contributed by atoms with Crippen LogP contribution in [0.2, 0.25) is 0 Å². The molecular weight excluding hydrogens is 250 g/mol. The Morgan fingerprint density at radius 3 is 3.00 bits per heavy atom. The molecule has 0 amide bonds. The van der Waals surface area contributed by atoms with Crippen molar-refractivity contribution in [3.05, 3.63) is 18.2 Å². The highest BCUT2D eigenvalue weighted by molar-refractivity contribution is 5.09. The van der Waals surface area contributed by atoms with Gasteiger partial charge in [0.05, 0.1) is 6.54 Å². The van der Waals surface area contributed by atoms with E-state index < -0.39 is 0 Å². The van der Waals surface area contributed by atoms with Crippen LogP contribution in [0.15, 0.2) is 12.4 Å². The van der Waals surface area contributed by atoms with Crippen LogP contribution < -0.4 is 5.73 Å². The Morgan fingerprint density at radius 1 is 1.40 bits per heavy atom. The smallest absolute Gasteiger partial charge is 0.122 e. The molecule has 0 radical (unpaired) electrons. The van der Waals surface area contributed by atoms with Crippen molar-refractivity contribution in [2.24, 2.45) is 5.73 Å². The van der Waals surface area contributed by atoms with Gasteiger partial charge in [0.2, 0.25) is 0 Å². The Labute approximate surface area is 120 Å². The van der Waals surface area contributed by atoms with Crippen molar-refractivity contribution in [3.63, 3.8) is 0 Å². The van der Waals surface area contributed by atoms with Gasteiger partial charge in [0.1, 0.15) is 5.82 Å². The van der Waals surface area contributed by atoms with Gasteiger partial charge in [-0.25, -0.2) is 4.98 Å². The van der Waals surface area contributed by atoms with E-state index in [0.717, 1.165) is 38.8 Å². The number of hydrogen-bond donors (Lipinski definition) is 1. The first kappa shape index (κ1) is 12.8. The summed E-state index contributed by atoms with van der Waals surface area (Å²) in [6.45, 7) is 7.40. The molecule has 4 rings (SSSR count). The molecule has 1 saturated carbocycles. The largest absolute Gasteiger partial charge is 0.333 e. The van der Waals surface area contributed by atoms with Gasteiger partial charge in [-0.3, -0.25) is 9.80 Å². The number of rotatable bonds is 3. The number of nitrogens with two attached hydrogens (primary N) is 1. The van der Waals surface area contributed by atoms with Crippen molar-refractivity contribution < 1.29 is 0 Å². The summed E-state index contributed by atoms with van der Waals surface area (Å²) in [6, 6.07) is 1.51. The molecule has 2 atom stereocenters. The maximum Gasteiger partial charge on any atom is 0.122 e. The molecule has 110 valence electrons. The molecule has 1 saturated heterocycles. The summed E-state index contributed by atoms with van der Waals surface area (Å²) in [4.78, 5) is 9.80. The van der Waals surface area contributed by atoms with Gasteiger partial charge < -0.3 is 10.3 Å². The van der Waals surface area contributed by atoms with Gasteiger partial charge in [-0.05, 0) is 26.2 Å². The van der Waals surface area contributed by atoms with Crippen LogP contribution in [0.5, 0.6) is 0 Å². The number of fused-ring (bicyclic) bond motifs is 1. The second-order valence-electron chi connectivity index (χ2n) is 6.84. The molecule has 0 aromatic carbocycles. The van der Waals surface area contributed by atoms with Gasteiger partial charge in [0, 0.05) is 56.2 Å². The average Bonchev–Trinajstić information content (AvgIpc) is 3.09. The van der Waals surface area contributed by atoms with E-state index in [1.54, 1.807) is 0 Å². The van der Waals surface area contributed by atoms with Crippen molar-refractivity contribution in [1.82, 2.24) is 19.4 Å². The molecule has 1 aromatic heterocycles. The minimum atomic E-state index is 0.166. The molecule has 5 nitrogen and oxygen atoms in total. The van der Waals surface area contributed by atoms with E-state index in [1.807, 2.05) is 6.20 Å². The second kappa shape index (κ2) is 4.55. The number of likely N-dealkylation sites (tertiary alicyclic amines) is 1. The molecule has 2 fully saturated rings. The second-order valence-corrected chi connectivity index (χ2v) is 6.84. The van der Waals surface area contributed by atoms with E-state index in [9.17, 15) is 0 Å². The van der Waals surface area contributed by atoms with Crippen molar-refractivity contribution >= 4 is 0 Å². The Kier molecular flexibility index (Phi) is 2.91. The number of nitrogens with zero attached hydrogens (tertiary/aromatic N) is 4. The summed E-state index contributed by atoms with van der Waals surface area (Å²) in [5, 5.41) is 0. The van der Waals surface area contributed by atoms with Crippen molar-refractivity contribution in [3.8, 4) is 0 Å². The fraction of sp³-hybridized carbons (Fsp3) is 0.800. The first-order valence-electron chi connectivity index (χ1n) is 7.93. The van der Waals surface area contributed by atoms with E-state index in [2.05, 4.69) is 32.5 Å². The summed E-state index contributed by atoms with van der Waals surface area (Å²) >= 11 is 0. The van der Waals surface area contributed by atoms with Crippen LogP contribution in [0.4, 0.5) is 0 Å². The van der Waals surface area contributed by atoms with Gasteiger partial charge in [0.15, 0.2) is 0 Å². The predicted octanol–water partition coefficient (Wildman–Crippen LogP) is 0.653. The standard InChI is InChI=1S/C15H25N5/c1-12-8-15(10-16,11-20(12)13-2-3-13)19-7-6-18-5-4-17-14(18)9-19/h4-5,12-13H,2-3,6-11,16H2,1H3. The lowest BCUT2D eigenvalue weighted by atomic mass is 9.93. The molecule has 2 unspecified atom stereocenters. The Bertz CT molecular complexity index is 494. The molecule has 0 bridgehead atoms. The first-order chi connectivity index (χ1) is 9.72. The Morgan fingerprint density at radius 2 is 2.25 bits per heavy atom. The van der Waals surface area contributed by atoms with Crippen LogP contribution >= 0.6 is 0 Å². The lowest BCUT2D eigenvalue weighted by molar-refractivity contribution is 0.0676. The minimum absolute atomic E-state index is 0.166. The zero-order valence-corrected chi connectivity index (χ0v) is 12.3. The monoisotopic (exact) mass is 275 g/mol. The summed E-state index contributed by atoms with van der Waals surface area (Å²) in [6.07, 6.45) is 7.99. The highest BCUT2D eigenvalue weighted by Gasteiger charge is 2.49. The van der Waals surface area contributed by atoms with Gasteiger partial charge in [-0.1, -0.05) is 0 Å². The van der Waals surface area contributed by atoms with Crippen LogP contribution in [0.25, 0.3) is 0 Å². The molecule has 20 heavy (non-hydrogen) atoms. The van der Waals surface area contributed by atoms with Gasteiger partial charge in [-0.2, -0.15) is 0 Å². The molecular formula is C15H25N5. The summed E-state index contributed by atoms with van der Waals surface area (Å²) in [7, 11) is 0. The van der Waals surface area contributed by atoms with Crippen LogP contribution in [0.1, 0.15) is 32.0 Å². The Hall–Kier alpha value is -0.910. The summed E-state index contributed by atoms with van der Waals surface area (Å²) in [5.74, 6) is 1.20. The van der Waals surface area contributed by atoms with Crippen molar-refractivity contribution in [2.75, 3.05) is 19.6 Å². The lowest BCUT2D eigenvalue weighted by Gasteiger charge is -2.42. The van der Waals surface area contributed by atoms with Crippen molar-refractivity contribution in [1.29, 1.82) is 0 Å². The molecule has 2 N–H and O–H groups in total. The highest BCUT2D eigenvalue weighted by atomic mass is 15.4. The number of imidazole rings is 1. The fourth-order valence-corrected chi connectivity index (χ4v) is 4.21. The van der Waals surface area contributed by atoms with E-state index in [0.29, 0.717) is 6.04 Å². The summed E-state index contributed by atoms with van der Waals surface area (Å²) in [5.41, 5.74) is 6.41. The number of hydrogen-bond acceptors (Lipinski definition) is 4. The third-order valence-electron chi connectivity index (χ3n) is 5.53. The van der Waals surface area contributed by atoms with E-state index >= 15 is 0 Å². The van der Waals surface area contributed by atoms with E-state index in [1.165, 1.54) is 25.1 Å². The Balaban J connectivity index is 1.56. The first-order valence-corrected chi connectivity index (χ1v) is 7.93. The molecule has 1 aliphatic carbocycles. The van der Waals surface area contributed by atoms with E-state index in [-0.39, 0.29) is 5.54 Å². The lowest BCUT2D eigenvalue weighted by Crippen LogP contribution is -2.57. The van der Waals surface area contributed by atoms with Crippen LogP contribution in [0, 0.1) is 0 Å². The maximum atomic E-state index is 6.24. The van der Waals surface area contributed by atoms with Gasteiger partial charge in [-0.15, -0.1) is 0 Å². The quantitative estimate of drug-likeness (QED) is 0.880. The summed E-state index contributed by atoms with van der Waals surface area (Å²) < 4.78 is 2.28. The normalized spacial score (nSPS) is 35.4. The molecule has 3 heterocycles. The molecule has 5 heteroatoms. The third kappa shape index (κ3) is 1.91. The molecule has 3 aliphatic rings. The molecule has 2 aliphatic heterocycles. The van der Waals surface area contributed by atoms with Crippen LogP contribution in [-0.4, -0.2) is 56.6 Å². The van der Waals surface area contributed by atoms with Gasteiger partial charge >= 0.3 is 0 Å². The molecule has 1 aromatic rings. The van der Waals surface area contributed by atoms with Crippen LogP contribution in [-0.2, 0) is 13.1 Å². The maximum absolute atomic E-state index is 6.24. The average molecular weight is 275 g/mol. The molecule has 0 spiro atoms. The topological polar surface area (TPSA) is 50.3 Å². The van der Waals surface area contributed by atoms with E-state index in [4.69, 9.17) is 5.73 Å². The third-order valence-corrected chi connectivity index (χ3v) is 5.53. The SMILES string of the molecule is CC1CC(CN)(N2CCn3ccnc3C2)CN1C1CC1. The predicted molar refractivity (Wildman–Crippen MR) is 78.2 cm³/mol.